The zero-order chi connectivity index (χ0) is 17.3. The molecule has 0 radical (unpaired) electrons. The fourth-order valence-electron chi connectivity index (χ4n) is 2.60. The predicted molar refractivity (Wildman–Crippen MR) is 84.6 cm³/mol. The highest BCUT2D eigenvalue weighted by Gasteiger charge is 2.29. The Morgan fingerprint density at radius 3 is 2.54 bits per heavy atom. The third kappa shape index (κ3) is 3.21. The Hall–Kier alpha value is -2.54. The van der Waals surface area contributed by atoms with E-state index >= 15 is 0 Å². The van der Waals surface area contributed by atoms with Crippen LogP contribution in [0.5, 0.6) is 0 Å². The summed E-state index contributed by atoms with van der Waals surface area (Å²) in [5, 5.41) is 0. The molecule has 7 heteroatoms. The first-order valence-electron chi connectivity index (χ1n) is 7.02. The van der Waals surface area contributed by atoms with E-state index in [1.54, 1.807) is 6.07 Å². The Morgan fingerprint density at radius 1 is 1.08 bits per heavy atom. The van der Waals surface area contributed by atoms with Gasteiger partial charge in [0.1, 0.15) is 28.9 Å². The minimum Gasteiger partial charge on any atom is -0.457 e. The molecule has 0 N–H and O–H groups in total. The molecule has 0 aromatic heterocycles. The van der Waals surface area contributed by atoms with Crippen LogP contribution >= 0.6 is 0 Å². The van der Waals surface area contributed by atoms with E-state index in [1.807, 2.05) is 0 Å². The van der Waals surface area contributed by atoms with Gasteiger partial charge >= 0.3 is 5.97 Å². The van der Waals surface area contributed by atoms with Crippen LogP contribution in [0.15, 0.2) is 42.5 Å². The predicted octanol–water partition coefficient (Wildman–Crippen LogP) is 2.54. The second-order valence-electron chi connectivity index (χ2n) is 5.25. The molecule has 0 saturated carbocycles. The number of rotatable bonds is 4. The second-order valence-corrected chi connectivity index (χ2v) is 6.23. The van der Waals surface area contributed by atoms with Gasteiger partial charge < -0.3 is 4.74 Å². The molecular formula is C17H12F2O4S. The van der Waals surface area contributed by atoms with Crippen molar-refractivity contribution in [2.45, 2.75) is 5.75 Å². The van der Waals surface area contributed by atoms with Crippen molar-refractivity contribution in [2.75, 3.05) is 6.61 Å². The lowest BCUT2D eigenvalue weighted by molar-refractivity contribution is -0.133. The average Bonchev–Trinajstić information content (AvgIpc) is 2.88. The van der Waals surface area contributed by atoms with Crippen LogP contribution in [0.1, 0.15) is 16.7 Å². The van der Waals surface area contributed by atoms with Gasteiger partial charge in [-0.3, -0.25) is 0 Å². The van der Waals surface area contributed by atoms with Gasteiger partial charge in [-0.15, -0.1) is 0 Å². The van der Waals surface area contributed by atoms with Gasteiger partial charge in [-0.25, -0.2) is 22.0 Å². The molecule has 0 atom stereocenters. The molecule has 0 aliphatic carbocycles. The van der Waals surface area contributed by atoms with E-state index in [2.05, 4.69) is 0 Å². The fourth-order valence-corrected chi connectivity index (χ4v) is 3.10. The van der Waals surface area contributed by atoms with Crippen molar-refractivity contribution in [3.05, 3.63) is 70.8 Å². The number of carbonyl (C=O) groups excluding carboxylic acids is 1. The average molecular weight is 350 g/mol. The Kier molecular flexibility index (Phi) is 4.44. The van der Waals surface area contributed by atoms with Crippen LogP contribution in [-0.2, 0) is 26.0 Å². The van der Waals surface area contributed by atoms with E-state index in [-0.39, 0.29) is 23.5 Å². The van der Waals surface area contributed by atoms with Gasteiger partial charge in [-0.1, -0.05) is 24.3 Å². The third-order valence-corrected chi connectivity index (χ3v) is 4.26. The molecule has 24 heavy (non-hydrogen) atoms. The fraction of sp³-hybridized carbons (Fsp3) is 0.118. The van der Waals surface area contributed by atoms with Crippen LogP contribution in [0, 0.1) is 11.6 Å². The third-order valence-electron chi connectivity index (χ3n) is 3.64. The SMILES string of the molecule is O=C1OCC(c2ccc(C[SH](=O)=O)cc2F)=C1c1cccc(F)c1. The molecule has 2 aromatic carbocycles. The van der Waals surface area contributed by atoms with E-state index in [4.69, 9.17) is 4.74 Å². The number of thiol groups is 1. The summed E-state index contributed by atoms with van der Waals surface area (Å²) in [5.41, 5.74) is 1.16. The van der Waals surface area contributed by atoms with E-state index in [0.717, 1.165) is 6.07 Å². The Bertz CT molecular complexity index is 924. The highest BCUT2D eigenvalue weighted by molar-refractivity contribution is 7.71. The molecule has 2 aromatic rings. The van der Waals surface area contributed by atoms with Crippen molar-refractivity contribution < 1.29 is 26.7 Å². The van der Waals surface area contributed by atoms with Crippen LogP contribution < -0.4 is 0 Å². The number of ether oxygens (including phenoxy) is 1. The molecule has 0 bridgehead atoms. The standard InChI is InChI=1S/C17H12F2O4S/c18-12-3-1-2-11(7-12)16-14(8-23-17(16)20)13-5-4-10(6-15(13)19)9-24(21)22/h1-7,24H,8-9H2. The second kappa shape index (κ2) is 6.52. The molecule has 3 rings (SSSR count). The summed E-state index contributed by atoms with van der Waals surface area (Å²) in [6.45, 7) is -0.128. The summed E-state index contributed by atoms with van der Waals surface area (Å²) in [6, 6.07) is 9.40. The highest BCUT2D eigenvalue weighted by Crippen LogP contribution is 2.34. The smallest absolute Gasteiger partial charge is 0.339 e. The molecule has 0 amide bonds. The van der Waals surface area contributed by atoms with Crippen molar-refractivity contribution in [2.24, 2.45) is 0 Å². The van der Waals surface area contributed by atoms with Gasteiger partial charge in [0.25, 0.3) is 0 Å². The first-order chi connectivity index (χ1) is 11.5. The van der Waals surface area contributed by atoms with Crippen LogP contribution in [-0.4, -0.2) is 21.0 Å². The van der Waals surface area contributed by atoms with Crippen molar-refractivity contribution in [3.63, 3.8) is 0 Å². The molecule has 0 saturated heterocycles. The molecule has 1 heterocycles. The van der Waals surface area contributed by atoms with E-state index in [0.29, 0.717) is 16.7 Å². The monoisotopic (exact) mass is 350 g/mol. The molecule has 0 spiro atoms. The van der Waals surface area contributed by atoms with Gasteiger partial charge in [0.15, 0.2) is 0 Å². The van der Waals surface area contributed by atoms with E-state index < -0.39 is 28.3 Å². The summed E-state index contributed by atoms with van der Waals surface area (Å²) in [6.07, 6.45) is 0. The lowest BCUT2D eigenvalue weighted by Crippen LogP contribution is -1.99. The van der Waals surface area contributed by atoms with Gasteiger partial charge in [0, 0.05) is 11.1 Å². The van der Waals surface area contributed by atoms with Gasteiger partial charge in [-0.2, -0.15) is 0 Å². The molecule has 0 unspecified atom stereocenters. The van der Waals surface area contributed by atoms with Crippen molar-refractivity contribution in [1.82, 2.24) is 0 Å². The maximum Gasteiger partial charge on any atom is 0.339 e. The molecule has 124 valence electrons. The molecule has 4 nitrogen and oxygen atoms in total. The van der Waals surface area contributed by atoms with Gasteiger partial charge in [-0.05, 0) is 29.3 Å². The number of benzene rings is 2. The maximum atomic E-state index is 14.4. The van der Waals surface area contributed by atoms with Crippen LogP contribution in [0.25, 0.3) is 11.1 Å². The Balaban J connectivity index is 2.10. The van der Waals surface area contributed by atoms with E-state index in [1.165, 1.54) is 30.3 Å². The highest BCUT2D eigenvalue weighted by atomic mass is 32.2. The first-order valence-corrected chi connectivity index (χ1v) is 8.39. The summed E-state index contributed by atoms with van der Waals surface area (Å²) >= 11 is 0. The lowest BCUT2D eigenvalue weighted by Gasteiger charge is -2.07. The number of esters is 1. The first kappa shape index (κ1) is 16.3. The maximum absolute atomic E-state index is 14.4. The minimum atomic E-state index is -2.66. The van der Waals surface area contributed by atoms with Crippen LogP contribution in [0.4, 0.5) is 8.78 Å². The number of halogens is 2. The number of carbonyl (C=O) groups is 1. The zero-order valence-corrected chi connectivity index (χ0v) is 13.2. The quantitative estimate of drug-likeness (QED) is 0.680. The molecule has 1 aliphatic rings. The molecule has 1 aliphatic heterocycles. The largest absolute Gasteiger partial charge is 0.457 e. The van der Waals surface area contributed by atoms with Gasteiger partial charge in [0.2, 0.25) is 0 Å². The number of hydrogen-bond acceptors (Lipinski definition) is 4. The zero-order valence-electron chi connectivity index (χ0n) is 12.3. The number of hydrogen-bond donors (Lipinski definition) is 1. The van der Waals surface area contributed by atoms with Gasteiger partial charge in [0.05, 0.1) is 11.3 Å². The van der Waals surface area contributed by atoms with Crippen molar-refractivity contribution in [3.8, 4) is 0 Å². The summed E-state index contributed by atoms with van der Waals surface area (Å²) in [5.74, 6) is -2.10. The van der Waals surface area contributed by atoms with E-state index in [9.17, 15) is 22.0 Å². The Morgan fingerprint density at radius 2 is 1.88 bits per heavy atom. The molecular weight excluding hydrogens is 338 g/mol. The van der Waals surface area contributed by atoms with Crippen LogP contribution in [0.2, 0.25) is 0 Å². The minimum absolute atomic E-state index is 0.107. The summed E-state index contributed by atoms with van der Waals surface area (Å²) in [7, 11) is -2.66. The van der Waals surface area contributed by atoms with Crippen molar-refractivity contribution in [1.29, 1.82) is 0 Å². The summed E-state index contributed by atoms with van der Waals surface area (Å²) in [4.78, 5) is 12.0. The number of cyclic esters (lactones) is 1. The normalized spacial score (nSPS) is 14.4. The summed E-state index contributed by atoms with van der Waals surface area (Å²) < 4.78 is 54.3. The van der Waals surface area contributed by atoms with Crippen molar-refractivity contribution >= 4 is 27.8 Å². The topological polar surface area (TPSA) is 60.4 Å². The molecule has 0 fully saturated rings. The van der Waals surface area contributed by atoms with Crippen LogP contribution in [0.3, 0.4) is 0 Å². The Labute approximate surface area is 138 Å². The lowest BCUT2D eigenvalue weighted by atomic mass is 9.95.